The van der Waals surface area contributed by atoms with Gasteiger partial charge < -0.3 is 0 Å². The molecule has 1 atom stereocenters. The molecule has 0 aromatic heterocycles. The summed E-state index contributed by atoms with van der Waals surface area (Å²) in [5, 5.41) is 3.67. The van der Waals surface area contributed by atoms with E-state index in [4.69, 9.17) is 0 Å². The van der Waals surface area contributed by atoms with E-state index in [0.717, 1.165) is 23.8 Å². The van der Waals surface area contributed by atoms with Gasteiger partial charge in [0, 0.05) is 29.0 Å². The zero-order valence-corrected chi connectivity index (χ0v) is 15.5. The first-order valence-corrected chi connectivity index (χ1v) is 9.14. The lowest BCUT2D eigenvalue weighted by Crippen LogP contribution is -2.46. The maximum absolute atomic E-state index is 13.1. The molecule has 2 aromatic rings. The Labute approximate surface area is 157 Å². The number of carbonyl (C=O) groups is 4. The third-order valence-electron chi connectivity index (χ3n) is 4.92. The van der Waals surface area contributed by atoms with Crippen LogP contribution in [0, 0.1) is 0 Å². The summed E-state index contributed by atoms with van der Waals surface area (Å²) in [6, 6.07) is 8.94. The summed E-state index contributed by atoms with van der Waals surface area (Å²) < 4.78 is 0. The second-order valence-corrected chi connectivity index (χ2v) is 6.85. The molecule has 6 nitrogen and oxygen atoms in total. The van der Waals surface area contributed by atoms with E-state index in [-0.39, 0.29) is 24.7 Å². The number of hydrogen-bond donors (Lipinski definition) is 1. The molecule has 1 N–H and O–H groups in total. The van der Waals surface area contributed by atoms with Gasteiger partial charge in [0.2, 0.25) is 12.3 Å². The number of benzene rings is 2. The van der Waals surface area contributed by atoms with E-state index < -0.39 is 11.9 Å². The van der Waals surface area contributed by atoms with E-state index in [9.17, 15) is 19.2 Å². The van der Waals surface area contributed by atoms with Gasteiger partial charge in [-0.05, 0) is 42.8 Å². The first-order chi connectivity index (χ1) is 13.0. The van der Waals surface area contributed by atoms with Crippen molar-refractivity contribution in [3.05, 3.63) is 47.0 Å². The first kappa shape index (κ1) is 18.8. The summed E-state index contributed by atoms with van der Waals surface area (Å²) in [5.41, 5.74) is 2.11. The van der Waals surface area contributed by atoms with Crippen molar-refractivity contribution in [3.63, 3.8) is 0 Å². The first-order valence-electron chi connectivity index (χ1n) is 9.14. The number of nitrogens with zero attached hydrogens (tertiary/aromatic N) is 1. The molecule has 1 aliphatic heterocycles. The van der Waals surface area contributed by atoms with Crippen LogP contribution < -0.4 is 5.32 Å². The molecule has 0 saturated heterocycles. The van der Waals surface area contributed by atoms with Crippen LogP contribution in [0.1, 0.15) is 59.4 Å². The van der Waals surface area contributed by atoms with Gasteiger partial charge in [0.05, 0.1) is 0 Å². The highest BCUT2D eigenvalue weighted by Gasteiger charge is 2.36. The van der Waals surface area contributed by atoms with Gasteiger partial charge in [0.1, 0.15) is 0 Å². The number of amides is 4. The van der Waals surface area contributed by atoms with Crippen LogP contribution in [0.2, 0.25) is 0 Å². The molecule has 0 spiro atoms. The molecule has 0 saturated carbocycles. The summed E-state index contributed by atoms with van der Waals surface area (Å²) in [4.78, 5) is 49.2. The van der Waals surface area contributed by atoms with E-state index in [1.807, 2.05) is 24.3 Å². The number of nitrogens with one attached hydrogen (secondary N) is 1. The lowest BCUT2D eigenvalue weighted by molar-refractivity contribution is -0.125. The van der Waals surface area contributed by atoms with E-state index in [1.54, 1.807) is 13.0 Å². The molecule has 0 radical (unpaired) electrons. The Morgan fingerprint density at radius 1 is 1.19 bits per heavy atom. The Balaban J connectivity index is 1.98. The van der Waals surface area contributed by atoms with Gasteiger partial charge in [-0.1, -0.05) is 31.5 Å². The molecule has 1 heterocycles. The van der Waals surface area contributed by atoms with E-state index in [0.29, 0.717) is 22.9 Å². The van der Waals surface area contributed by atoms with Crippen molar-refractivity contribution in [1.82, 2.24) is 10.2 Å². The normalized spacial score (nSPS) is 14.4. The highest BCUT2D eigenvalue weighted by molar-refractivity contribution is 6.25. The molecule has 0 bridgehead atoms. The van der Waals surface area contributed by atoms with Crippen molar-refractivity contribution in [2.75, 3.05) is 0 Å². The largest absolute Gasteiger partial charge is 0.299 e. The van der Waals surface area contributed by atoms with Crippen LogP contribution in [0.3, 0.4) is 0 Å². The van der Waals surface area contributed by atoms with Gasteiger partial charge in [-0.3, -0.25) is 29.4 Å². The Bertz CT molecular complexity index is 935. The highest BCUT2D eigenvalue weighted by atomic mass is 16.2. The quantitative estimate of drug-likeness (QED) is 0.603. The molecule has 6 heteroatoms. The Kier molecular flexibility index (Phi) is 5.35. The number of carbonyl (C=O) groups excluding carboxylic acids is 4. The van der Waals surface area contributed by atoms with Crippen LogP contribution in [0.15, 0.2) is 30.3 Å². The molecule has 0 aliphatic carbocycles. The Hall–Kier alpha value is -3.02. The standard InChI is InChI=1S/C21H22N2O4/c1-3-5-14-10-15-6-4-7-16-19(15)17(11-14)21(27)23(20(16)26)13(2)8-9-18(25)22-12-24/h4,6-7,10-13H,3,5,8-9H2,1-2H3,(H,22,24,25). The summed E-state index contributed by atoms with van der Waals surface area (Å²) in [5.74, 6) is -1.10. The zero-order chi connectivity index (χ0) is 19.6. The van der Waals surface area contributed by atoms with Crippen molar-refractivity contribution in [3.8, 4) is 0 Å². The molecule has 1 unspecified atom stereocenters. The summed E-state index contributed by atoms with van der Waals surface area (Å²) in [6.45, 7) is 3.82. The average Bonchev–Trinajstić information content (AvgIpc) is 2.64. The number of imide groups is 2. The van der Waals surface area contributed by atoms with Gasteiger partial charge >= 0.3 is 0 Å². The maximum atomic E-state index is 13.1. The molecule has 27 heavy (non-hydrogen) atoms. The average molecular weight is 366 g/mol. The fraction of sp³-hybridized carbons (Fsp3) is 0.333. The minimum Gasteiger partial charge on any atom is -0.299 e. The monoisotopic (exact) mass is 366 g/mol. The van der Waals surface area contributed by atoms with Crippen molar-refractivity contribution in [1.29, 1.82) is 0 Å². The highest BCUT2D eigenvalue weighted by Crippen LogP contribution is 2.33. The van der Waals surface area contributed by atoms with E-state index in [2.05, 4.69) is 12.2 Å². The van der Waals surface area contributed by atoms with Crippen LogP contribution in [0.25, 0.3) is 10.8 Å². The number of rotatable bonds is 7. The SMILES string of the molecule is CCCc1cc2c3c(cccc3c1)C(=O)N(C(C)CCC(=O)NC=O)C2=O. The molecule has 140 valence electrons. The van der Waals surface area contributed by atoms with Crippen molar-refractivity contribution >= 4 is 34.9 Å². The van der Waals surface area contributed by atoms with Crippen LogP contribution in [-0.4, -0.2) is 35.1 Å². The zero-order valence-electron chi connectivity index (χ0n) is 15.5. The van der Waals surface area contributed by atoms with Crippen molar-refractivity contribution < 1.29 is 19.2 Å². The Morgan fingerprint density at radius 3 is 2.63 bits per heavy atom. The van der Waals surface area contributed by atoms with Gasteiger partial charge in [-0.15, -0.1) is 0 Å². The second kappa shape index (κ2) is 7.70. The maximum Gasteiger partial charge on any atom is 0.261 e. The third-order valence-corrected chi connectivity index (χ3v) is 4.92. The molecule has 3 rings (SSSR count). The van der Waals surface area contributed by atoms with Gasteiger partial charge in [-0.25, -0.2) is 0 Å². The van der Waals surface area contributed by atoms with E-state index >= 15 is 0 Å². The smallest absolute Gasteiger partial charge is 0.261 e. The van der Waals surface area contributed by atoms with Crippen molar-refractivity contribution in [2.24, 2.45) is 0 Å². The summed E-state index contributed by atoms with van der Waals surface area (Å²) in [7, 11) is 0. The number of aryl methyl sites for hydroxylation is 1. The lowest BCUT2D eigenvalue weighted by atomic mass is 9.90. The van der Waals surface area contributed by atoms with E-state index in [1.165, 1.54) is 4.90 Å². The fourth-order valence-electron chi connectivity index (χ4n) is 3.63. The molecule has 2 aromatic carbocycles. The number of hydrogen-bond acceptors (Lipinski definition) is 4. The van der Waals surface area contributed by atoms with Gasteiger partial charge in [-0.2, -0.15) is 0 Å². The van der Waals surface area contributed by atoms with Crippen LogP contribution >= 0.6 is 0 Å². The van der Waals surface area contributed by atoms with Crippen molar-refractivity contribution in [2.45, 2.75) is 45.6 Å². The van der Waals surface area contributed by atoms with Crippen LogP contribution in [0.5, 0.6) is 0 Å². The third kappa shape index (κ3) is 3.47. The fourth-order valence-corrected chi connectivity index (χ4v) is 3.63. The molecule has 4 amide bonds. The predicted molar refractivity (Wildman–Crippen MR) is 101 cm³/mol. The summed E-state index contributed by atoms with van der Waals surface area (Å²) >= 11 is 0. The van der Waals surface area contributed by atoms with Crippen LogP contribution in [-0.2, 0) is 16.0 Å². The lowest BCUT2D eigenvalue weighted by Gasteiger charge is -2.32. The predicted octanol–water partition coefficient (Wildman–Crippen LogP) is 2.83. The van der Waals surface area contributed by atoms with Gasteiger partial charge in [0.15, 0.2) is 0 Å². The Morgan fingerprint density at radius 2 is 1.93 bits per heavy atom. The summed E-state index contributed by atoms with van der Waals surface area (Å²) in [6.07, 6.45) is 2.50. The minimum absolute atomic E-state index is 0.0594. The molecular formula is C21H22N2O4. The molecule has 1 aliphatic rings. The molecular weight excluding hydrogens is 344 g/mol. The van der Waals surface area contributed by atoms with Crippen LogP contribution in [0.4, 0.5) is 0 Å². The second-order valence-electron chi connectivity index (χ2n) is 6.85. The molecule has 0 fully saturated rings. The topological polar surface area (TPSA) is 83.6 Å². The minimum atomic E-state index is -0.458. The van der Waals surface area contributed by atoms with Gasteiger partial charge in [0.25, 0.3) is 11.8 Å².